The summed E-state index contributed by atoms with van der Waals surface area (Å²) in [6.45, 7) is 7.25. The van der Waals surface area contributed by atoms with Crippen LogP contribution in [0.3, 0.4) is 0 Å². The Bertz CT molecular complexity index is 526. The van der Waals surface area contributed by atoms with E-state index in [2.05, 4.69) is 17.3 Å². The Balaban J connectivity index is 2.00. The first-order valence-electron chi connectivity index (χ1n) is 7.30. The standard InChI is InChI=1S/C13H24N4O2S/c1-3-14-7-5-8-16-11-13(10-15-16)20(18,19)17-9-4-6-12(17)2/h10-12,14H,3-9H2,1-2H3. The van der Waals surface area contributed by atoms with Crippen molar-refractivity contribution in [2.75, 3.05) is 19.6 Å². The van der Waals surface area contributed by atoms with Crippen LogP contribution in [0.5, 0.6) is 0 Å². The van der Waals surface area contributed by atoms with Crippen molar-refractivity contribution in [3.05, 3.63) is 12.4 Å². The Morgan fingerprint density at radius 3 is 2.95 bits per heavy atom. The fraction of sp³-hybridized carbons (Fsp3) is 0.769. The van der Waals surface area contributed by atoms with Gasteiger partial charge >= 0.3 is 0 Å². The molecule has 7 heteroatoms. The fourth-order valence-corrected chi connectivity index (χ4v) is 4.20. The Hall–Kier alpha value is -0.920. The van der Waals surface area contributed by atoms with Gasteiger partial charge in [-0.3, -0.25) is 4.68 Å². The molecule has 114 valence electrons. The van der Waals surface area contributed by atoms with Crippen LogP contribution in [-0.2, 0) is 16.6 Å². The highest BCUT2D eigenvalue weighted by molar-refractivity contribution is 7.89. The first kappa shape index (κ1) is 15.5. The Morgan fingerprint density at radius 1 is 1.50 bits per heavy atom. The number of aryl methyl sites for hydroxylation is 1. The van der Waals surface area contributed by atoms with Crippen LogP contribution in [0.1, 0.15) is 33.1 Å². The van der Waals surface area contributed by atoms with Gasteiger partial charge in [0.25, 0.3) is 0 Å². The molecule has 0 saturated carbocycles. The highest BCUT2D eigenvalue weighted by Gasteiger charge is 2.33. The molecule has 1 saturated heterocycles. The summed E-state index contributed by atoms with van der Waals surface area (Å²) in [6.07, 6.45) is 5.93. The lowest BCUT2D eigenvalue weighted by Gasteiger charge is -2.19. The molecule has 1 atom stereocenters. The van der Waals surface area contributed by atoms with E-state index in [-0.39, 0.29) is 6.04 Å². The molecule has 0 aromatic carbocycles. The van der Waals surface area contributed by atoms with Crippen molar-refractivity contribution in [3.63, 3.8) is 0 Å². The molecule has 2 heterocycles. The van der Waals surface area contributed by atoms with E-state index in [1.165, 1.54) is 6.20 Å². The van der Waals surface area contributed by atoms with Crippen molar-refractivity contribution in [2.24, 2.45) is 0 Å². The van der Waals surface area contributed by atoms with Crippen molar-refractivity contribution in [3.8, 4) is 0 Å². The Kier molecular flexibility index (Phi) is 5.17. The molecule has 1 aromatic rings. The van der Waals surface area contributed by atoms with Crippen molar-refractivity contribution >= 4 is 10.0 Å². The van der Waals surface area contributed by atoms with Gasteiger partial charge in [-0.25, -0.2) is 8.42 Å². The second kappa shape index (κ2) is 6.69. The number of aromatic nitrogens is 2. The second-order valence-corrected chi connectivity index (χ2v) is 7.14. The minimum absolute atomic E-state index is 0.0945. The minimum atomic E-state index is -3.37. The number of sulfonamides is 1. The van der Waals surface area contributed by atoms with E-state index in [1.807, 2.05) is 6.92 Å². The lowest BCUT2D eigenvalue weighted by Crippen LogP contribution is -2.33. The van der Waals surface area contributed by atoms with Crippen LogP contribution in [0.2, 0.25) is 0 Å². The van der Waals surface area contributed by atoms with Crippen LogP contribution in [0.15, 0.2) is 17.3 Å². The van der Waals surface area contributed by atoms with Crippen molar-refractivity contribution in [1.29, 1.82) is 0 Å². The molecule has 20 heavy (non-hydrogen) atoms. The third-order valence-electron chi connectivity index (χ3n) is 3.70. The molecular formula is C13H24N4O2S. The molecule has 1 unspecified atom stereocenters. The smallest absolute Gasteiger partial charge is 0.246 e. The van der Waals surface area contributed by atoms with Crippen LogP contribution in [0.25, 0.3) is 0 Å². The lowest BCUT2D eigenvalue weighted by molar-refractivity contribution is 0.408. The van der Waals surface area contributed by atoms with Gasteiger partial charge in [0.1, 0.15) is 4.90 Å². The van der Waals surface area contributed by atoms with Gasteiger partial charge in [0, 0.05) is 25.3 Å². The third kappa shape index (κ3) is 3.39. The van der Waals surface area contributed by atoms with Crippen LogP contribution in [-0.4, -0.2) is 48.2 Å². The van der Waals surface area contributed by atoms with Crippen LogP contribution >= 0.6 is 0 Å². The minimum Gasteiger partial charge on any atom is -0.317 e. The van der Waals surface area contributed by atoms with Gasteiger partial charge in [-0.2, -0.15) is 9.40 Å². The predicted molar refractivity (Wildman–Crippen MR) is 78.0 cm³/mol. The second-order valence-electron chi connectivity index (χ2n) is 5.25. The number of rotatable bonds is 7. The molecule has 0 bridgehead atoms. The molecule has 1 aliphatic heterocycles. The SMILES string of the molecule is CCNCCCn1cc(S(=O)(=O)N2CCCC2C)cn1. The molecular weight excluding hydrogens is 276 g/mol. The molecule has 0 spiro atoms. The maximum atomic E-state index is 12.5. The van der Waals surface area contributed by atoms with Crippen LogP contribution in [0, 0.1) is 0 Å². The van der Waals surface area contributed by atoms with Gasteiger partial charge in [-0.05, 0) is 39.3 Å². The van der Waals surface area contributed by atoms with E-state index >= 15 is 0 Å². The zero-order valence-corrected chi connectivity index (χ0v) is 13.1. The fourth-order valence-electron chi connectivity index (χ4n) is 2.54. The van der Waals surface area contributed by atoms with Gasteiger partial charge in [0.2, 0.25) is 10.0 Å². The first-order valence-corrected chi connectivity index (χ1v) is 8.74. The average molecular weight is 300 g/mol. The highest BCUT2D eigenvalue weighted by atomic mass is 32.2. The Labute approximate surface area is 121 Å². The predicted octanol–water partition coefficient (Wildman–Crippen LogP) is 1.06. The molecule has 0 radical (unpaired) electrons. The quantitative estimate of drug-likeness (QED) is 0.765. The van der Waals surface area contributed by atoms with Crippen LogP contribution in [0.4, 0.5) is 0 Å². The van der Waals surface area contributed by atoms with Crippen LogP contribution < -0.4 is 5.32 Å². The normalized spacial score (nSPS) is 20.6. The highest BCUT2D eigenvalue weighted by Crippen LogP contribution is 2.25. The van der Waals surface area contributed by atoms with E-state index in [1.54, 1.807) is 15.2 Å². The van der Waals surface area contributed by atoms with E-state index in [9.17, 15) is 8.42 Å². The summed E-state index contributed by atoms with van der Waals surface area (Å²) in [5.74, 6) is 0. The number of nitrogens with one attached hydrogen (secondary N) is 1. The summed E-state index contributed by atoms with van der Waals surface area (Å²) in [5.41, 5.74) is 0. The molecule has 0 aliphatic carbocycles. The van der Waals surface area contributed by atoms with Crippen molar-refractivity contribution < 1.29 is 8.42 Å². The van der Waals surface area contributed by atoms with E-state index in [0.717, 1.165) is 38.9 Å². The van der Waals surface area contributed by atoms with Gasteiger partial charge in [0.05, 0.1) is 6.20 Å². The molecule has 2 rings (SSSR count). The largest absolute Gasteiger partial charge is 0.317 e. The summed E-state index contributed by atoms with van der Waals surface area (Å²) in [7, 11) is -3.37. The summed E-state index contributed by atoms with van der Waals surface area (Å²) in [6, 6.07) is 0.0945. The first-order chi connectivity index (χ1) is 9.55. The number of hydrogen-bond acceptors (Lipinski definition) is 4. The van der Waals surface area contributed by atoms with Gasteiger partial charge in [0.15, 0.2) is 0 Å². The zero-order chi connectivity index (χ0) is 14.6. The van der Waals surface area contributed by atoms with E-state index in [4.69, 9.17) is 0 Å². The van der Waals surface area contributed by atoms with E-state index < -0.39 is 10.0 Å². The van der Waals surface area contributed by atoms with E-state index in [0.29, 0.717) is 11.4 Å². The molecule has 1 aromatic heterocycles. The summed E-state index contributed by atoms with van der Waals surface area (Å²) < 4.78 is 28.3. The van der Waals surface area contributed by atoms with Gasteiger partial charge in [-0.15, -0.1) is 0 Å². The zero-order valence-electron chi connectivity index (χ0n) is 12.2. The molecule has 6 nitrogen and oxygen atoms in total. The number of nitrogens with zero attached hydrogens (tertiary/aromatic N) is 3. The topological polar surface area (TPSA) is 67.2 Å². The monoisotopic (exact) mass is 300 g/mol. The Morgan fingerprint density at radius 2 is 2.30 bits per heavy atom. The van der Waals surface area contributed by atoms with Crippen molar-refractivity contribution in [2.45, 2.75) is 50.6 Å². The molecule has 1 N–H and O–H groups in total. The lowest BCUT2D eigenvalue weighted by atomic mass is 10.3. The third-order valence-corrected chi connectivity index (χ3v) is 5.67. The maximum absolute atomic E-state index is 12.5. The molecule has 0 amide bonds. The average Bonchev–Trinajstić information content (AvgIpc) is 3.04. The summed E-state index contributed by atoms with van der Waals surface area (Å²) in [5, 5.41) is 7.40. The molecule has 1 aliphatic rings. The summed E-state index contributed by atoms with van der Waals surface area (Å²) in [4.78, 5) is 0.315. The maximum Gasteiger partial charge on any atom is 0.246 e. The summed E-state index contributed by atoms with van der Waals surface area (Å²) >= 11 is 0. The van der Waals surface area contributed by atoms with Gasteiger partial charge in [-0.1, -0.05) is 6.92 Å². The number of hydrogen-bond donors (Lipinski definition) is 1. The molecule has 1 fully saturated rings. The van der Waals surface area contributed by atoms with Crippen molar-refractivity contribution in [1.82, 2.24) is 19.4 Å². The van der Waals surface area contributed by atoms with Gasteiger partial charge < -0.3 is 5.32 Å².